The van der Waals surface area contributed by atoms with E-state index in [9.17, 15) is 13.2 Å². The number of alkyl halides is 3. The molecule has 0 amide bonds. The van der Waals surface area contributed by atoms with Crippen molar-refractivity contribution in [3.05, 3.63) is 40.9 Å². The smallest absolute Gasteiger partial charge is 0.427 e. The first-order valence-corrected chi connectivity index (χ1v) is 7.18. The van der Waals surface area contributed by atoms with E-state index in [-0.39, 0.29) is 0 Å². The third-order valence-electron chi connectivity index (χ3n) is 2.78. The predicted molar refractivity (Wildman–Crippen MR) is 76.8 cm³/mol. The van der Waals surface area contributed by atoms with Crippen LogP contribution in [0, 0.1) is 0 Å². The summed E-state index contributed by atoms with van der Waals surface area (Å²) in [5.41, 5.74) is 0.908. The number of aromatic nitrogens is 1. The number of hydrogen-bond donors (Lipinski definition) is 0. The highest BCUT2D eigenvalue weighted by Gasteiger charge is 2.33. The van der Waals surface area contributed by atoms with Crippen LogP contribution in [0.1, 0.15) is 17.4 Å². The van der Waals surface area contributed by atoms with E-state index < -0.39 is 11.1 Å². The molecule has 0 bridgehead atoms. The lowest BCUT2D eigenvalue weighted by Gasteiger charge is -2.18. The van der Waals surface area contributed by atoms with Crippen molar-refractivity contribution in [3.63, 3.8) is 0 Å². The second-order valence-corrected chi connectivity index (χ2v) is 5.41. The average Bonchev–Trinajstić information content (AvgIpc) is 2.91. The molecular formula is C14H15F3N2OS. The summed E-state index contributed by atoms with van der Waals surface area (Å²) < 4.78 is 43.3. The van der Waals surface area contributed by atoms with E-state index in [1.165, 1.54) is 0 Å². The Labute approximate surface area is 125 Å². The number of benzene rings is 1. The number of para-hydroxylation sites is 1. The van der Waals surface area contributed by atoms with Gasteiger partial charge >= 0.3 is 6.18 Å². The Bertz CT molecular complexity index is 598. The summed E-state index contributed by atoms with van der Waals surface area (Å²) in [6.07, 6.45) is -3.48. The highest BCUT2D eigenvalue weighted by Crippen LogP contribution is 2.36. The zero-order valence-corrected chi connectivity index (χ0v) is 12.5. The third-order valence-corrected chi connectivity index (χ3v) is 3.94. The fraction of sp³-hybridized carbons (Fsp3) is 0.357. The van der Waals surface area contributed by atoms with Crippen molar-refractivity contribution in [2.75, 3.05) is 18.6 Å². The molecule has 114 valence electrons. The molecule has 2 rings (SSSR count). The minimum Gasteiger partial charge on any atom is -0.494 e. The maximum Gasteiger partial charge on any atom is 0.427 e. The Balaban J connectivity index is 2.15. The SMILES string of the molecule is CCOc1ccccc1CN(C)c1ncc(C(F)(F)F)s1. The van der Waals surface area contributed by atoms with Crippen molar-refractivity contribution in [1.82, 2.24) is 4.98 Å². The fourth-order valence-corrected chi connectivity index (χ4v) is 2.57. The van der Waals surface area contributed by atoms with Gasteiger partial charge in [-0.15, -0.1) is 0 Å². The number of anilines is 1. The van der Waals surface area contributed by atoms with Gasteiger partial charge < -0.3 is 9.64 Å². The Kier molecular flexibility index (Phi) is 4.72. The standard InChI is InChI=1S/C14H15F3N2OS/c1-3-20-11-7-5-4-6-10(11)9-19(2)13-18-8-12(21-13)14(15,16)17/h4-8H,3,9H2,1-2H3. The summed E-state index contributed by atoms with van der Waals surface area (Å²) in [5, 5.41) is 0.327. The molecule has 1 heterocycles. The lowest BCUT2D eigenvalue weighted by atomic mass is 10.2. The molecule has 0 saturated heterocycles. The maximum absolute atomic E-state index is 12.6. The van der Waals surface area contributed by atoms with Crippen LogP contribution < -0.4 is 9.64 Å². The molecule has 0 N–H and O–H groups in total. The summed E-state index contributed by atoms with van der Waals surface area (Å²) in [5.74, 6) is 0.736. The Morgan fingerprint density at radius 3 is 2.62 bits per heavy atom. The van der Waals surface area contributed by atoms with E-state index in [1.807, 2.05) is 31.2 Å². The van der Waals surface area contributed by atoms with E-state index >= 15 is 0 Å². The molecule has 0 aliphatic heterocycles. The largest absolute Gasteiger partial charge is 0.494 e. The predicted octanol–water partition coefficient (Wildman–Crippen LogP) is 4.20. The topological polar surface area (TPSA) is 25.4 Å². The Morgan fingerprint density at radius 1 is 1.29 bits per heavy atom. The van der Waals surface area contributed by atoms with Gasteiger partial charge in [0.05, 0.1) is 12.8 Å². The summed E-state index contributed by atoms with van der Waals surface area (Å²) in [7, 11) is 1.71. The van der Waals surface area contributed by atoms with E-state index in [1.54, 1.807) is 11.9 Å². The minimum absolute atomic E-state index is 0.327. The number of halogens is 3. The van der Waals surface area contributed by atoms with Gasteiger partial charge in [0.15, 0.2) is 5.13 Å². The van der Waals surface area contributed by atoms with E-state index in [2.05, 4.69) is 4.98 Å². The van der Waals surface area contributed by atoms with Crippen molar-refractivity contribution in [2.24, 2.45) is 0 Å². The molecule has 0 unspecified atom stereocenters. The number of ether oxygens (including phenoxy) is 1. The molecule has 0 aliphatic rings. The molecule has 0 atom stereocenters. The fourth-order valence-electron chi connectivity index (χ4n) is 1.83. The highest BCUT2D eigenvalue weighted by atomic mass is 32.1. The van der Waals surface area contributed by atoms with Crippen molar-refractivity contribution in [2.45, 2.75) is 19.6 Å². The van der Waals surface area contributed by atoms with E-state index in [0.29, 0.717) is 29.6 Å². The van der Waals surface area contributed by atoms with Gasteiger partial charge in [0.1, 0.15) is 10.6 Å². The van der Waals surface area contributed by atoms with Gasteiger partial charge in [0.25, 0.3) is 0 Å². The van der Waals surface area contributed by atoms with Crippen LogP contribution in [0.4, 0.5) is 18.3 Å². The second kappa shape index (κ2) is 6.34. The molecule has 0 fully saturated rings. The average molecular weight is 316 g/mol. The van der Waals surface area contributed by atoms with Crippen LogP contribution in [0.2, 0.25) is 0 Å². The maximum atomic E-state index is 12.6. The lowest BCUT2D eigenvalue weighted by molar-refractivity contribution is -0.134. The van der Waals surface area contributed by atoms with Gasteiger partial charge in [-0.2, -0.15) is 13.2 Å². The zero-order chi connectivity index (χ0) is 15.5. The van der Waals surface area contributed by atoms with Crippen molar-refractivity contribution in [1.29, 1.82) is 0 Å². The molecule has 2 aromatic rings. The first kappa shape index (κ1) is 15.6. The van der Waals surface area contributed by atoms with Gasteiger partial charge in [0.2, 0.25) is 0 Å². The number of thiazole rings is 1. The number of nitrogens with zero attached hydrogens (tertiary/aromatic N) is 2. The molecule has 0 aliphatic carbocycles. The molecule has 21 heavy (non-hydrogen) atoms. The molecular weight excluding hydrogens is 301 g/mol. The monoisotopic (exact) mass is 316 g/mol. The Morgan fingerprint density at radius 2 is 2.00 bits per heavy atom. The summed E-state index contributed by atoms with van der Waals surface area (Å²) >= 11 is 0.635. The van der Waals surface area contributed by atoms with Gasteiger partial charge in [-0.1, -0.05) is 29.5 Å². The summed E-state index contributed by atoms with van der Waals surface area (Å²) in [6, 6.07) is 7.46. The molecule has 3 nitrogen and oxygen atoms in total. The molecule has 1 aromatic heterocycles. The van der Waals surface area contributed by atoms with Crippen LogP contribution >= 0.6 is 11.3 Å². The number of hydrogen-bond acceptors (Lipinski definition) is 4. The number of rotatable bonds is 5. The van der Waals surface area contributed by atoms with Crippen LogP contribution in [0.5, 0.6) is 5.75 Å². The van der Waals surface area contributed by atoms with Crippen LogP contribution in [0.15, 0.2) is 30.5 Å². The molecule has 0 saturated carbocycles. The normalized spacial score (nSPS) is 11.5. The summed E-state index contributed by atoms with van der Waals surface area (Å²) in [4.78, 5) is 4.82. The van der Waals surface area contributed by atoms with E-state index in [0.717, 1.165) is 17.5 Å². The highest BCUT2D eigenvalue weighted by molar-refractivity contribution is 7.15. The van der Waals surface area contributed by atoms with Crippen LogP contribution in [-0.4, -0.2) is 18.6 Å². The van der Waals surface area contributed by atoms with Gasteiger partial charge in [0, 0.05) is 19.2 Å². The van der Waals surface area contributed by atoms with Crippen LogP contribution in [-0.2, 0) is 12.7 Å². The minimum atomic E-state index is -4.35. The quantitative estimate of drug-likeness (QED) is 0.827. The van der Waals surface area contributed by atoms with E-state index in [4.69, 9.17) is 4.74 Å². The molecule has 0 spiro atoms. The zero-order valence-electron chi connectivity index (χ0n) is 11.6. The van der Waals surface area contributed by atoms with Crippen molar-refractivity contribution in [3.8, 4) is 5.75 Å². The third kappa shape index (κ3) is 3.87. The second-order valence-electron chi connectivity index (χ2n) is 4.40. The first-order valence-electron chi connectivity index (χ1n) is 6.36. The van der Waals surface area contributed by atoms with Gasteiger partial charge in [-0.05, 0) is 13.0 Å². The van der Waals surface area contributed by atoms with Crippen molar-refractivity contribution < 1.29 is 17.9 Å². The lowest BCUT2D eigenvalue weighted by Crippen LogP contribution is -2.16. The van der Waals surface area contributed by atoms with Crippen molar-refractivity contribution >= 4 is 16.5 Å². The molecule has 1 aromatic carbocycles. The van der Waals surface area contributed by atoms with Crippen LogP contribution in [0.3, 0.4) is 0 Å². The van der Waals surface area contributed by atoms with Crippen LogP contribution in [0.25, 0.3) is 0 Å². The Hall–Kier alpha value is -1.76. The molecule has 7 heteroatoms. The van der Waals surface area contributed by atoms with Gasteiger partial charge in [-0.3, -0.25) is 0 Å². The van der Waals surface area contributed by atoms with Gasteiger partial charge in [-0.25, -0.2) is 4.98 Å². The first-order chi connectivity index (χ1) is 9.91. The molecule has 0 radical (unpaired) electrons. The summed E-state index contributed by atoms with van der Waals surface area (Å²) in [6.45, 7) is 2.86.